The van der Waals surface area contributed by atoms with Gasteiger partial charge >= 0.3 is 6.09 Å². The van der Waals surface area contributed by atoms with Gasteiger partial charge in [0.05, 0.1) is 0 Å². The van der Waals surface area contributed by atoms with Crippen molar-refractivity contribution in [1.29, 1.82) is 0 Å². The van der Waals surface area contributed by atoms with E-state index in [4.69, 9.17) is 16.0 Å². The van der Waals surface area contributed by atoms with E-state index < -0.39 is 6.09 Å². The lowest BCUT2D eigenvalue weighted by Gasteiger charge is -1.96. The molecule has 0 fully saturated rings. The van der Waals surface area contributed by atoms with Gasteiger partial charge in [0.25, 0.3) is 0 Å². The summed E-state index contributed by atoms with van der Waals surface area (Å²) in [5.41, 5.74) is 0.899. The molecule has 0 spiro atoms. The molecule has 0 aliphatic carbocycles. The van der Waals surface area contributed by atoms with Crippen LogP contribution in [-0.4, -0.2) is 19.4 Å². The van der Waals surface area contributed by atoms with E-state index in [9.17, 15) is 4.79 Å². The molecule has 6 heteroatoms. The highest BCUT2D eigenvalue weighted by atomic mass is 35.5. The highest BCUT2D eigenvalue weighted by Gasteiger charge is 2.03. The minimum Gasteiger partial charge on any atom is -0.455 e. The van der Waals surface area contributed by atoms with Crippen molar-refractivity contribution in [2.45, 2.75) is 0 Å². The van der Waals surface area contributed by atoms with Gasteiger partial charge in [-0.3, -0.25) is 4.84 Å². The van der Waals surface area contributed by atoms with Crippen LogP contribution >= 0.6 is 11.6 Å². The Bertz CT molecular complexity index is 590. The van der Waals surface area contributed by atoms with Crippen LogP contribution < -0.4 is 5.32 Å². The van der Waals surface area contributed by atoms with E-state index in [1.807, 2.05) is 12.1 Å². The molecule has 0 atom stereocenters. The van der Waals surface area contributed by atoms with E-state index in [2.05, 4.69) is 15.3 Å². The van der Waals surface area contributed by atoms with Crippen LogP contribution in [0.25, 0.3) is 11.3 Å². The molecule has 0 aliphatic heterocycles. The highest BCUT2D eigenvalue weighted by Crippen LogP contribution is 2.23. The summed E-state index contributed by atoms with van der Waals surface area (Å²) in [4.78, 5) is 15.2. The summed E-state index contributed by atoms with van der Waals surface area (Å²) in [5, 5.41) is 6.41. The van der Waals surface area contributed by atoms with Crippen LogP contribution in [0, 0.1) is 0 Å². The van der Waals surface area contributed by atoms with Crippen LogP contribution in [-0.2, 0) is 4.84 Å². The molecule has 2 rings (SSSR count). The predicted molar refractivity (Wildman–Crippen MR) is 72.3 cm³/mol. The fraction of sp³-hybridized carbons (Fsp3) is 0.0769. The van der Waals surface area contributed by atoms with Gasteiger partial charge in [0.15, 0.2) is 0 Å². The fourth-order valence-electron chi connectivity index (χ4n) is 1.36. The number of benzene rings is 1. The molecule has 0 aliphatic rings. The molecule has 2 aromatic rings. The van der Waals surface area contributed by atoms with Crippen molar-refractivity contribution < 1.29 is 14.0 Å². The molecule has 5 nitrogen and oxygen atoms in total. The van der Waals surface area contributed by atoms with Crippen LogP contribution in [0.4, 0.5) is 4.79 Å². The van der Waals surface area contributed by atoms with Gasteiger partial charge in [-0.15, -0.1) is 0 Å². The SMILES string of the molecule is CNC(=O)O/N=C/c1ccc(-c2ccc(Cl)cc2)o1. The molecule has 0 saturated heterocycles. The Balaban J connectivity index is 2.06. The normalized spacial score (nSPS) is 10.6. The van der Waals surface area contributed by atoms with E-state index in [1.54, 1.807) is 24.3 Å². The van der Waals surface area contributed by atoms with Crippen LogP contribution in [0.2, 0.25) is 5.02 Å². The summed E-state index contributed by atoms with van der Waals surface area (Å²) < 4.78 is 5.52. The Morgan fingerprint density at radius 2 is 2.05 bits per heavy atom. The first-order chi connectivity index (χ1) is 9.19. The van der Waals surface area contributed by atoms with Gasteiger partial charge in [-0.2, -0.15) is 0 Å². The quantitative estimate of drug-likeness (QED) is 0.532. The highest BCUT2D eigenvalue weighted by molar-refractivity contribution is 6.30. The van der Waals surface area contributed by atoms with E-state index in [1.165, 1.54) is 13.3 Å². The number of nitrogens with zero attached hydrogens (tertiary/aromatic N) is 1. The van der Waals surface area contributed by atoms with Crippen molar-refractivity contribution in [1.82, 2.24) is 5.32 Å². The van der Waals surface area contributed by atoms with Crippen molar-refractivity contribution in [3.63, 3.8) is 0 Å². The maximum absolute atomic E-state index is 10.8. The van der Waals surface area contributed by atoms with Crippen molar-refractivity contribution in [3.8, 4) is 11.3 Å². The van der Waals surface area contributed by atoms with E-state index >= 15 is 0 Å². The number of carbonyl (C=O) groups is 1. The number of hydrogen-bond acceptors (Lipinski definition) is 4. The maximum atomic E-state index is 10.8. The lowest BCUT2D eigenvalue weighted by atomic mass is 10.2. The third-order valence-corrected chi connectivity index (χ3v) is 2.53. The van der Waals surface area contributed by atoms with Crippen molar-refractivity contribution in [2.75, 3.05) is 7.05 Å². The van der Waals surface area contributed by atoms with Gasteiger partial charge in [0.2, 0.25) is 0 Å². The summed E-state index contributed by atoms with van der Waals surface area (Å²) in [6.07, 6.45) is 0.676. The smallest absolute Gasteiger partial charge is 0.433 e. The van der Waals surface area contributed by atoms with Gasteiger partial charge in [-0.05, 0) is 36.4 Å². The van der Waals surface area contributed by atoms with Gasteiger partial charge < -0.3 is 9.73 Å². The van der Waals surface area contributed by atoms with E-state index in [0.717, 1.165) is 5.56 Å². The molecular weight excluding hydrogens is 268 g/mol. The van der Waals surface area contributed by atoms with Crippen molar-refractivity contribution in [2.24, 2.45) is 5.16 Å². The second-order valence-corrected chi connectivity index (χ2v) is 4.01. The first kappa shape index (κ1) is 13.2. The van der Waals surface area contributed by atoms with Crippen molar-refractivity contribution >= 4 is 23.9 Å². The predicted octanol–water partition coefficient (Wildman–Crippen LogP) is 3.29. The number of nitrogens with one attached hydrogen (secondary N) is 1. The largest absolute Gasteiger partial charge is 0.455 e. The molecule has 1 aromatic heterocycles. The standard InChI is InChI=1S/C13H11ClN2O3/c1-15-13(17)19-16-8-11-6-7-12(18-11)9-2-4-10(14)5-3-9/h2-8H,1H3,(H,15,17)/b16-8+. The minimum absolute atomic E-state index is 0.480. The molecule has 0 radical (unpaired) electrons. The Hall–Kier alpha value is -2.27. The van der Waals surface area contributed by atoms with E-state index in [-0.39, 0.29) is 0 Å². The zero-order valence-corrected chi connectivity index (χ0v) is 10.8. The number of oxime groups is 1. The van der Waals surface area contributed by atoms with Crippen LogP contribution in [0.5, 0.6) is 0 Å². The number of rotatable bonds is 3. The molecule has 1 amide bonds. The Morgan fingerprint density at radius 3 is 2.74 bits per heavy atom. The average molecular weight is 279 g/mol. The van der Waals surface area contributed by atoms with Gasteiger partial charge in [0, 0.05) is 17.6 Å². The average Bonchev–Trinajstić information content (AvgIpc) is 2.88. The Labute approximate surface area is 114 Å². The maximum Gasteiger partial charge on any atom is 0.433 e. The third-order valence-electron chi connectivity index (χ3n) is 2.28. The molecule has 0 saturated carbocycles. The van der Waals surface area contributed by atoms with Crippen LogP contribution in [0.1, 0.15) is 5.76 Å². The molecule has 1 heterocycles. The number of carbonyl (C=O) groups excluding carboxylic acids is 1. The zero-order valence-electron chi connectivity index (χ0n) is 10.1. The van der Waals surface area contributed by atoms with Crippen LogP contribution in [0.3, 0.4) is 0 Å². The molecule has 1 aromatic carbocycles. The summed E-state index contributed by atoms with van der Waals surface area (Å²) in [5.74, 6) is 1.16. The van der Waals surface area contributed by atoms with Crippen LogP contribution in [0.15, 0.2) is 46.0 Å². The van der Waals surface area contributed by atoms with E-state index in [0.29, 0.717) is 16.5 Å². The fourth-order valence-corrected chi connectivity index (χ4v) is 1.49. The lowest BCUT2D eigenvalue weighted by molar-refractivity contribution is 0.153. The number of hydrogen-bond donors (Lipinski definition) is 1. The first-order valence-electron chi connectivity index (χ1n) is 5.47. The molecule has 98 valence electrons. The van der Waals surface area contributed by atoms with Crippen molar-refractivity contribution in [3.05, 3.63) is 47.2 Å². The summed E-state index contributed by atoms with van der Waals surface area (Å²) in [7, 11) is 1.45. The third kappa shape index (κ3) is 3.59. The van der Waals surface area contributed by atoms with Gasteiger partial charge in [0.1, 0.15) is 17.7 Å². The molecular formula is C13H11ClN2O3. The second kappa shape index (κ2) is 6.06. The summed E-state index contributed by atoms with van der Waals surface area (Å²) in [6, 6.07) is 10.8. The number of furan rings is 1. The number of amides is 1. The molecule has 1 N–H and O–H groups in total. The van der Waals surface area contributed by atoms with Gasteiger partial charge in [-0.25, -0.2) is 4.79 Å². The monoisotopic (exact) mass is 278 g/mol. The topological polar surface area (TPSA) is 63.8 Å². The molecule has 19 heavy (non-hydrogen) atoms. The Kier molecular flexibility index (Phi) is 4.20. The first-order valence-corrected chi connectivity index (χ1v) is 5.84. The summed E-state index contributed by atoms with van der Waals surface area (Å²) in [6.45, 7) is 0. The molecule has 0 unspecified atom stereocenters. The van der Waals surface area contributed by atoms with Gasteiger partial charge in [-0.1, -0.05) is 16.8 Å². The second-order valence-electron chi connectivity index (χ2n) is 3.57. The number of halogens is 1. The lowest BCUT2D eigenvalue weighted by Crippen LogP contribution is -2.16. The zero-order chi connectivity index (χ0) is 13.7. The Morgan fingerprint density at radius 1 is 1.32 bits per heavy atom. The minimum atomic E-state index is -0.638. The molecule has 0 bridgehead atoms. The summed E-state index contributed by atoms with van der Waals surface area (Å²) >= 11 is 5.81.